The van der Waals surface area contributed by atoms with Crippen molar-refractivity contribution in [2.75, 3.05) is 0 Å². The first-order valence-corrected chi connectivity index (χ1v) is 5.26. The standard InChI is InChI=1S/C12H22O3/c1-5-7-11(13)9(3)15-10(4)12(14)8-6-2/h5-6,9-14H,1-2,7-8H2,3-4H3. The highest BCUT2D eigenvalue weighted by Crippen LogP contribution is 2.11. The largest absolute Gasteiger partial charge is 0.390 e. The van der Waals surface area contributed by atoms with Crippen molar-refractivity contribution in [3.05, 3.63) is 25.3 Å². The van der Waals surface area contributed by atoms with E-state index in [1.165, 1.54) is 0 Å². The Balaban J connectivity index is 3.98. The lowest BCUT2D eigenvalue weighted by atomic mass is 10.1. The van der Waals surface area contributed by atoms with Gasteiger partial charge in [-0.2, -0.15) is 0 Å². The van der Waals surface area contributed by atoms with Crippen LogP contribution in [0, 0.1) is 0 Å². The maximum absolute atomic E-state index is 9.58. The van der Waals surface area contributed by atoms with Crippen molar-refractivity contribution in [3.63, 3.8) is 0 Å². The molecule has 0 fully saturated rings. The van der Waals surface area contributed by atoms with Gasteiger partial charge in [0.15, 0.2) is 0 Å². The zero-order valence-electron chi connectivity index (χ0n) is 9.60. The van der Waals surface area contributed by atoms with Gasteiger partial charge in [0.1, 0.15) is 0 Å². The lowest BCUT2D eigenvalue weighted by Crippen LogP contribution is -2.34. The molecule has 3 heteroatoms. The van der Waals surface area contributed by atoms with E-state index in [0.717, 1.165) is 0 Å². The molecule has 4 unspecified atom stereocenters. The fourth-order valence-electron chi connectivity index (χ4n) is 1.24. The van der Waals surface area contributed by atoms with Crippen LogP contribution >= 0.6 is 0 Å². The van der Waals surface area contributed by atoms with E-state index in [0.29, 0.717) is 12.8 Å². The van der Waals surface area contributed by atoms with Crippen LogP contribution in [0.25, 0.3) is 0 Å². The first-order valence-electron chi connectivity index (χ1n) is 5.26. The van der Waals surface area contributed by atoms with Gasteiger partial charge in [0, 0.05) is 0 Å². The number of hydrogen-bond donors (Lipinski definition) is 2. The molecule has 0 aromatic rings. The quantitative estimate of drug-likeness (QED) is 0.604. The highest BCUT2D eigenvalue weighted by atomic mass is 16.5. The third-order valence-electron chi connectivity index (χ3n) is 2.33. The van der Waals surface area contributed by atoms with E-state index < -0.39 is 12.2 Å². The van der Waals surface area contributed by atoms with Crippen LogP contribution in [0.3, 0.4) is 0 Å². The lowest BCUT2D eigenvalue weighted by Gasteiger charge is -2.25. The summed E-state index contributed by atoms with van der Waals surface area (Å²) in [5.74, 6) is 0. The third kappa shape index (κ3) is 5.72. The summed E-state index contributed by atoms with van der Waals surface area (Å²) in [6.07, 6.45) is 2.53. The average Bonchev–Trinajstić information content (AvgIpc) is 2.18. The van der Waals surface area contributed by atoms with Crippen LogP contribution in [0.15, 0.2) is 25.3 Å². The molecule has 88 valence electrons. The van der Waals surface area contributed by atoms with Crippen LogP contribution in [-0.2, 0) is 4.74 Å². The van der Waals surface area contributed by atoms with Crippen LogP contribution in [0.5, 0.6) is 0 Å². The molecule has 0 aliphatic carbocycles. The van der Waals surface area contributed by atoms with Crippen molar-refractivity contribution in [1.29, 1.82) is 0 Å². The zero-order valence-corrected chi connectivity index (χ0v) is 9.60. The maximum atomic E-state index is 9.58. The first kappa shape index (κ1) is 14.4. The van der Waals surface area contributed by atoms with Gasteiger partial charge < -0.3 is 14.9 Å². The Hall–Kier alpha value is -0.640. The summed E-state index contributed by atoms with van der Waals surface area (Å²) in [5, 5.41) is 19.2. The summed E-state index contributed by atoms with van der Waals surface area (Å²) in [7, 11) is 0. The Morgan fingerprint density at radius 2 is 1.33 bits per heavy atom. The summed E-state index contributed by atoms with van der Waals surface area (Å²) in [5.41, 5.74) is 0. The van der Waals surface area contributed by atoms with Crippen molar-refractivity contribution < 1.29 is 14.9 Å². The zero-order chi connectivity index (χ0) is 11.8. The Kier molecular flexibility index (Phi) is 7.30. The molecule has 0 spiro atoms. The predicted molar refractivity (Wildman–Crippen MR) is 61.7 cm³/mol. The first-order chi connectivity index (χ1) is 7.02. The molecule has 4 atom stereocenters. The molecule has 0 rings (SSSR count). The van der Waals surface area contributed by atoms with E-state index in [1.807, 2.05) is 0 Å². The molecule has 0 bridgehead atoms. The molecule has 2 N–H and O–H groups in total. The number of aliphatic hydroxyl groups is 2. The second kappa shape index (κ2) is 7.63. The Bertz CT molecular complexity index is 171. The van der Waals surface area contributed by atoms with E-state index in [9.17, 15) is 10.2 Å². The van der Waals surface area contributed by atoms with Crippen LogP contribution in [-0.4, -0.2) is 34.6 Å². The molecule has 3 nitrogen and oxygen atoms in total. The summed E-state index contributed by atoms with van der Waals surface area (Å²) >= 11 is 0. The number of ether oxygens (including phenoxy) is 1. The van der Waals surface area contributed by atoms with Gasteiger partial charge in [0.05, 0.1) is 24.4 Å². The Morgan fingerprint density at radius 1 is 1.00 bits per heavy atom. The molecule has 0 radical (unpaired) electrons. The van der Waals surface area contributed by atoms with Gasteiger partial charge in [-0.1, -0.05) is 12.2 Å². The molecule has 0 heterocycles. The number of rotatable bonds is 8. The van der Waals surface area contributed by atoms with Crippen LogP contribution in [0.2, 0.25) is 0 Å². The van der Waals surface area contributed by atoms with Crippen LogP contribution in [0.1, 0.15) is 26.7 Å². The molecule has 0 amide bonds. The van der Waals surface area contributed by atoms with E-state index in [4.69, 9.17) is 4.74 Å². The van der Waals surface area contributed by atoms with Crippen molar-refractivity contribution in [2.45, 2.75) is 51.1 Å². The van der Waals surface area contributed by atoms with Gasteiger partial charge in [-0.3, -0.25) is 0 Å². The van der Waals surface area contributed by atoms with Gasteiger partial charge in [0.2, 0.25) is 0 Å². The lowest BCUT2D eigenvalue weighted by molar-refractivity contribution is -0.0992. The summed E-state index contributed by atoms with van der Waals surface area (Å²) < 4.78 is 5.48. The molecular weight excluding hydrogens is 192 g/mol. The summed E-state index contributed by atoms with van der Waals surface area (Å²) in [4.78, 5) is 0. The molecule has 0 aliphatic rings. The second-order valence-electron chi connectivity index (χ2n) is 3.73. The molecule has 15 heavy (non-hydrogen) atoms. The SMILES string of the molecule is C=CCC(O)C(C)OC(C)C(O)CC=C. The Morgan fingerprint density at radius 3 is 1.60 bits per heavy atom. The number of hydrogen-bond acceptors (Lipinski definition) is 3. The van der Waals surface area contributed by atoms with Crippen molar-refractivity contribution >= 4 is 0 Å². The topological polar surface area (TPSA) is 49.7 Å². The fourth-order valence-corrected chi connectivity index (χ4v) is 1.24. The highest BCUT2D eigenvalue weighted by Gasteiger charge is 2.20. The van der Waals surface area contributed by atoms with Gasteiger partial charge >= 0.3 is 0 Å². The number of aliphatic hydroxyl groups excluding tert-OH is 2. The smallest absolute Gasteiger partial charge is 0.0833 e. The normalized spacial score (nSPS) is 18.9. The molecule has 0 saturated carbocycles. The van der Waals surface area contributed by atoms with Crippen molar-refractivity contribution in [3.8, 4) is 0 Å². The van der Waals surface area contributed by atoms with Crippen LogP contribution in [0.4, 0.5) is 0 Å². The van der Waals surface area contributed by atoms with Crippen LogP contribution < -0.4 is 0 Å². The molecule has 0 aliphatic heterocycles. The van der Waals surface area contributed by atoms with E-state index in [-0.39, 0.29) is 12.2 Å². The minimum Gasteiger partial charge on any atom is -0.390 e. The van der Waals surface area contributed by atoms with E-state index >= 15 is 0 Å². The van der Waals surface area contributed by atoms with Crippen molar-refractivity contribution in [1.82, 2.24) is 0 Å². The van der Waals surface area contributed by atoms with Gasteiger partial charge in [0.25, 0.3) is 0 Å². The minimum atomic E-state index is -0.569. The van der Waals surface area contributed by atoms with Gasteiger partial charge in [-0.15, -0.1) is 13.2 Å². The second-order valence-corrected chi connectivity index (χ2v) is 3.73. The monoisotopic (exact) mass is 214 g/mol. The predicted octanol–water partition coefficient (Wildman–Crippen LogP) is 1.65. The van der Waals surface area contributed by atoms with Gasteiger partial charge in [-0.05, 0) is 26.7 Å². The minimum absolute atomic E-state index is 0.308. The van der Waals surface area contributed by atoms with Crippen molar-refractivity contribution in [2.24, 2.45) is 0 Å². The molecule has 0 saturated heterocycles. The molecule has 0 aromatic heterocycles. The fraction of sp³-hybridized carbons (Fsp3) is 0.667. The maximum Gasteiger partial charge on any atom is 0.0833 e. The average molecular weight is 214 g/mol. The Labute approximate surface area is 92.1 Å². The van der Waals surface area contributed by atoms with Gasteiger partial charge in [-0.25, -0.2) is 0 Å². The third-order valence-corrected chi connectivity index (χ3v) is 2.33. The van der Waals surface area contributed by atoms with E-state index in [1.54, 1.807) is 26.0 Å². The highest BCUT2D eigenvalue weighted by molar-refractivity contribution is 4.80. The summed E-state index contributed by atoms with van der Waals surface area (Å²) in [6, 6.07) is 0. The molecular formula is C12H22O3. The summed E-state index contributed by atoms with van der Waals surface area (Å²) in [6.45, 7) is 10.7. The van der Waals surface area contributed by atoms with E-state index in [2.05, 4.69) is 13.2 Å². The molecule has 0 aromatic carbocycles.